The average molecular weight is 525 g/mol. The Morgan fingerprint density at radius 2 is 1.61 bits per heavy atom. The van der Waals surface area contributed by atoms with Crippen molar-refractivity contribution in [3.8, 4) is 0 Å². The lowest BCUT2D eigenvalue weighted by Gasteiger charge is -2.34. The highest BCUT2D eigenvalue weighted by molar-refractivity contribution is 5.99. The maximum Gasteiger partial charge on any atom is 0.408 e. The fourth-order valence-electron chi connectivity index (χ4n) is 4.21. The Kier molecular flexibility index (Phi) is 10.4. The minimum absolute atomic E-state index is 0.0388. The molecule has 0 aliphatic rings. The minimum atomic E-state index is -1.13. The fourth-order valence-corrected chi connectivity index (χ4v) is 4.21. The average Bonchev–Trinajstić information content (AvgIpc) is 2.79. The first kappa shape index (κ1) is 30.3. The third-order valence-corrected chi connectivity index (χ3v) is 5.81. The number of carbonyl (C=O) groups excluding carboxylic acids is 4. The second kappa shape index (κ2) is 13.1. The Morgan fingerprint density at radius 3 is 2.13 bits per heavy atom. The Morgan fingerprint density at radius 1 is 1.00 bits per heavy atom. The van der Waals surface area contributed by atoms with Gasteiger partial charge in [-0.3, -0.25) is 14.4 Å². The minimum Gasteiger partial charge on any atom is -0.444 e. The third-order valence-electron chi connectivity index (χ3n) is 5.81. The molecule has 4 amide bonds. The zero-order valence-corrected chi connectivity index (χ0v) is 23.4. The van der Waals surface area contributed by atoms with Gasteiger partial charge in [-0.05, 0) is 72.1 Å². The zero-order valence-electron chi connectivity index (χ0n) is 23.4. The van der Waals surface area contributed by atoms with Gasteiger partial charge in [-0.2, -0.15) is 0 Å². The lowest BCUT2D eigenvalue weighted by molar-refractivity contribution is -0.140. The smallest absolute Gasteiger partial charge is 0.408 e. The molecular weight excluding hydrogens is 484 g/mol. The summed E-state index contributed by atoms with van der Waals surface area (Å²) in [7, 11) is 0. The summed E-state index contributed by atoms with van der Waals surface area (Å²) in [5.74, 6) is -1.53. The van der Waals surface area contributed by atoms with Crippen molar-refractivity contribution in [1.29, 1.82) is 0 Å². The highest BCUT2D eigenvalue weighted by atomic mass is 16.6. The van der Waals surface area contributed by atoms with Gasteiger partial charge in [0.1, 0.15) is 17.7 Å². The first-order valence-corrected chi connectivity index (χ1v) is 12.7. The SMILES string of the molecule is CCN(C(=O)C(CCC(N)=O)NC(=O)OC(C)(C)C)C(C(=O)Nc1ccccc1C)c1cc(C)cc(C)c1. The summed E-state index contributed by atoms with van der Waals surface area (Å²) in [4.78, 5) is 53.2. The number of rotatable bonds is 10. The van der Waals surface area contributed by atoms with Crippen molar-refractivity contribution >= 4 is 29.5 Å². The van der Waals surface area contributed by atoms with E-state index >= 15 is 0 Å². The summed E-state index contributed by atoms with van der Waals surface area (Å²) in [6, 6.07) is 11.0. The monoisotopic (exact) mass is 524 g/mol. The van der Waals surface area contributed by atoms with Crippen LogP contribution >= 0.6 is 0 Å². The molecule has 0 heterocycles. The topological polar surface area (TPSA) is 131 Å². The van der Waals surface area contributed by atoms with Gasteiger partial charge in [0, 0.05) is 18.7 Å². The normalized spacial score (nSPS) is 12.7. The molecule has 9 nitrogen and oxygen atoms in total. The van der Waals surface area contributed by atoms with Gasteiger partial charge in [0.2, 0.25) is 11.8 Å². The van der Waals surface area contributed by atoms with Crippen LogP contribution in [-0.2, 0) is 19.1 Å². The third kappa shape index (κ3) is 8.90. The van der Waals surface area contributed by atoms with Crippen molar-refractivity contribution < 1.29 is 23.9 Å². The molecule has 38 heavy (non-hydrogen) atoms. The lowest BCUT2D eigenvalue weighted by Crippen LogP contribution is -2.52. The van der Waals surface area contributed by atoms with Gasteiger partial charge in [-0.25, -0.2) is 4.79 Å². The van der Waals surface area contributed by atoms with Crippen LogP contribution in [0.25, 0.3) is 0 Å². The summed E-state index contributed by atoms with van der Waals surface area (Å²) in [6.45, 7) is 12.8. The number of benzene rings is 2. The number of carbonyl (C=O) groups is 4. The molecule has 2 unspecified atom stereocenters. The van der Waals surface area contributed by atoms with Crippen molar-refractivity contribution in [2.75, 3.05) is 11.9 Å². The number of likely N-dealkylation sites (N-methyl/N-ethyl adjacent to an activating group) is 1. The van der Waals surface area contributed by atoms with E-state index in [9.17, 15) is 19.2 Å². The number of nitrogens with two attached hydrogens (primary N) is 1. The van der Waals surface area contributed by atoms with Crippen LogP contribution < -0.4 is 16.4 Å². The van der Waals surface area contributed by atoms with Gasteiger partial charge in [0.25, 0.3) is 5.91 Å². The maximum absolute atomic E-state index is 13.9. The maximum atomic E-state index is 13.9. The summed E-state index contributed by atoms with van der Waals surface area (Å²) in [5.41, 5.74) is 8.57. The van der Waals surface area contributed by atoms with Crippen LogP contribution in [-0.4, -0.2) is 46.9 Å². The predicted octanol–water partition coefficient (Wildman–Crippen LogP) is 4.30. The van der Waals surface area contributed by atoms with Crippen LogP contribution in [0.3, 0.4) is 0 Å². The van der Waals surface area contributed by atoms with Crippen LogP contribution in [0.2, 0.25) is 0 Å². The number of para-hydroxylation sites is 1. The fraction of sp³-hybridized carbons (Fsp3) is 0.448. The molecule has 2 aromatic carbocycles. The van der Waals surface area contributed by atoms with Gasteiger partial charge in [0.15, 0.2) is 0 Å². The molecule has 0 fully saturated rings. The van der Waals surface area contributed by atoms with E-state index < -0.39 is 41.5 Å². The van der Waals surface area contributed by atoms with Crippen LogP contribution in [0.5, 0.6) is 0 Å². The zero-order chi connectivity index (χ0) is 28.6. The van der Waals surface area contributed by atoms with Crippen LogP contribution in [0.1, 0.15) is 68.8 Å². The number of hydrogen-bond acceptors (Lipinski definition) is 5. The molecule has 0 radical (unpaired) electrons. The Bertz CT molecular complexity index is 1150. The molecule has 2 rings (SSSR count). The summed E-state index contributed by atoms with van der Waals surface area (Å²) < 4.78 is 5.34. The van der Waals surface area contributed by atoms with Gasteiger partial charge >= 0.3 is 6.09 Å². The number of hydrogen-bond donors (Lipinski definition) is 3. The number of nitrogens with zero attached hydrogens (tertiary/aromatic N) is 1. The molecule has 0 spiro atoms. The molecule has 2 atom stereocenters. The van der Waals surface area contributed by atoms with E-state index in [1.807, 2.05) is 57.2 Å². The molecule has 4 N–H and O–H groups in total. The number of anilines is 1. The first-order chi connectivity index (χ1) is 17.7. The van der Waals surface area contributed by atoms with Gasteiger partial charge < -0.3 is 26.0 Å². The number of aryl methyl sites for hydroxylation is 3. The molecule has 206 valence electrons. The van der Waals surface area contributed by atoms with E-state index in [1.165, 1.54) is 4.90 Å². The van der Waals surface area contributed by atoms with E-state index in [0.717, 1.165) is 16.7 Å². The number of amides is 4. The Balaban J connectivity index is 2.51. The summed E-state index contributed by atoms with van der Waals surface area (Å²) in [5, 5.41) is 5.54. The quantitative estimate of drug-likeness (QED) is 0.427. The van der Waals surface area contributed by atoms with Crippen molar-refractivity contribution in [2.24, 2.45) is 5.73 Å². The molecule has 0 aromatic heterocycles. The lowest BCUT2D eigenvalue weighted by atomic mass is 9.97. The van der Waals surface area contributed by atoms with E-state index in [2.05, 4.69) is 10.6 Å². The van der Waals surface area contributed by atoms with Gasteiger partial charge in [-0.1, -0.05) is 47.5 Å². The van der Waals surface area contributed by atoms with Crippen molar-refractivity contribution in [2.45, 2.75) is 79.0 Å². The number of alkyl carbamates (subject to hydrolysis) is 1. The largest absolute Gasteiger partial charge is 0.444 e. The molecule has 0 saturated carbocycles. The molecule has 9 heteroatoms. The number of ether oxygens (including phenoxy) is 1. The van der Waals surface area contributed by atoms with Crippen molar-refractivity contribution in [3.05, 3.63) is 64.7 Å². The molecule has 2 aromatic rings. The second-order valence-electron chi connectivity index (χ2n) is 10.5. The molecular formula is C29H40N4O5. The van der Waals surface area contributed by atoms with Crippen LogP contribution in [0.15, 0.2) is 42.5 Å². The molecule has 0 saturated heterocycles. The molecule has 0 aliphatic heterocycles. The van der Waals surface area contributed by atoms with E-state index in [1.54, 1.807) is 33.8 Å². The van der Waals surface area contributed by atoms with Crippen molar-refractivity contribution in [1.82, 2.24) is 10.2 Å². The van der Waals surface area contributed by atoms with E-state index in [4.69, 9.17) is 10.5 Å². The van der Waals surface area contributed by atoms with Crippen molar-refractivity contribution in [3.63, 3.8) is 0 Å². The van der Waals surface area contributed by atoms with Gasteiger partial charge in [0.05, 0.1) is 0 Å². The Hall–Kier alpha value is -3.88. The second-order valence-corrected chi connectivity index (χ2v) is 10.5. The number of primary amides is 1. The molecule has 0 bridgehead atoms. The summed E-state index contributed by atoms with van der Waals surface area (Å²) in [6.07, 6.45) is -0.973. The van der Waals surface area contributed by atoms with E-state index in [-0.39, 0.29) is 19.4 Å². The highest BCUT2D eigenvalue weighted by Gasteiger charge is 2.36. The van der Waals surface area contributed by atoms with E-state index in [0.29, 0.717) is 11.3 Å². The predicted molar refractivity (Wildman–Crippen MR) is 147 cm³/mol. The molecule has 0 aliphatic carbocycles. The summed E-state index contributed by atoms with van der Waals surface area (Å²) >= 11 is 0. The highest BCUT2D eigenvalue weighted by Crippen LogP contribution is 2.27. The first-order valence-electron chi connectivity index (χ1n) is 12.7. The Labute approximate surface area is 225 Å². The van der Waals surface area contributed by atoms with Crippen LogP contribution in [0, 0.1) is 20.8 Å². The van der Waals surface area contributed by atoms with Gasteiger partial charge in [-0.15, -0.1) is 0 Å². The number of nitrogens with one attached hydrogen (secondary N) is 2. The standard InChI is InChI=1S/C29H40N4O5/c1-8-33(27(36)23(13-14-24(30)34)32-28(37)38-29(5,6)7)25(21-16-18(2)15-19(3)17-21)26(35)31-22-12-10-9-11-20(22)4/h9-12,15-17,23,25H,8,13-14H2,1-7H3,(H2,30,34)(H,31,35)(H,32,37). The van der Waals surface area contributed by atoms with Crippen LogP contribution in [0.4, 0.5) is 10.5 Å².